The number of fused-ring (bicyclic) bond motifs is 1. The lowest BCUT2D eigenvalue weighted by Crippen LogP contribution is -2.26. The van der Waals surface area contributed by atoms with Crippen molar-refractivity contribution in [3.05, 3.63) is 63.9 Å². The van der Waals surface area contributed by atoms with Gasteiger partial charge in [-0.1, -0.05) is 17.7 Å². The minimum atomic E-state index is -0.783. The lowest BCUT2D eigenvalue weighted by atomic mass is 9.85. The van der Waals surface area contributed by atoms with Gasteiger partial charge in [0.15, 0.2) is 11.0 Å². The number of aromatic nitrogens is 4. The van der Waals surface area contributed by atoms with Gasteiger partial charge >= 0.3 is 0 Å². The number of carbonyl (C=O) groups excluding carboxylic acids is 1. The van der Waals surface area contributed by atoms with Crippen LogP contribution in [0.25, 0.3) is 5.82 Å². The number of nitrogens with zero attached hydrogens (tertiary/aromatic N) is 4. The Morgan fingerprint density at radius 1 is 1.15 bits per heavy atom. The quantitative estimate of drug-likeness (QED) is 0.745. The zero-order valence-corrected chi connectivity index (χ0v) is 14.3. The summed E-state index contributed by atoms with van der Waals surface area (Å²) in [5.41, 5.74) is 0.934. The Morgan fingerprint density at radius 2 is 1.88 bits per heavy atom. The molecule has 3 aromatic rings. The van der Waals surface area contributed by atoms with Crippen molar-refractivity contribution >= 4 is 23.3 Å². The Hall–Kier alpha value is -2.87. The van der Waals surface area contributed by atoms with E-state index in [0.29, 0.717) is 22.9 Å². The molecule has 1 aliphatic heterocycles. The highest BCUT2D eigenvalue weighted by Gasteiger charge is 2.35. The summed E-state index contributed by atoms with van der Waals surface area (Å²) in [7, 11) is 0. The van der Waals surface area contributed by atoms with Crippen LogP contribution in [0.15, 0.2) is 30.3 Å². The van der Waals surface area contributed by atoms with Gasteiger partial charge < -0.3 is 5.32 Å². The molecule has 4 rings (SSSR count). The van der Waals surface area contributed by atoms with E-state index in [1.807, 2.05) is 0 Å². The first-order valence-electron chi connectivity index (χ1n) is 7.78. The molecule has 9 heteroatoms. The predicted octanol–water partition coefficient (Wildman–Crippen LogP) is 3.38. The van der Waals surface area contributed by atoms with Crippen LogP contribution in [0.1, 0.15) is 29.2 Å². The van der Waals surface area contributed by atoms with Crippen LogP contribution in [0, 0.1) is 18.6 Å². The first kappa shape index (κ1) is 16.6. The molecule has 0 saturated carbocycles. The SMILES string of the molecule is Cc1nn(-c2ccc(Cl)nn2)c2c1C(c1c(F)cccc1F)CC(=O)N2. The number of nitrogens with one attached hydrogen (secondary N) is 1. The Kier molecular flexibility index (Phi) is 3.91. The summed E-state index contributed by atoms with van der Waals surface area (Å²) in [6.07, 6.45) is -0.0797. The molecule has 0 saturated heterocycles. The highest BCUT2D eigenvalue weighted by Crippen LogP contribution is 2.41. The molecule has 2 aromatic heterocycles. The van der Waals surface area contributed by atoms with Crippen molar-refractivity contribution in [1.29, 1.82) is 0 Å². The number of amides is 1. The third-order valence-corrected chi connectivity index (χ3v) is 4.49. The average molecular weight is 376 g/mol. The van der Waals surface area contributed by atoms with Gasteiger partial charge in [0.1, 0.15) is 17.5 Å². The van der Waals surface area contributed by atoms with Crippen molar-refractivity contribution < 1.29 is 13.6 Å². The van der Waals surface area contributed by atoms with Gasteiger partial charge in [-0.3, -0.25) is 4.79 Å². The molecular formula is C17H12ClF2N5O. The Morgan fingerprint density at radius 3 is 2.54 bits per heavy atom. The van der Waals surface area contributed by atoms with Crippen molar-refractivity contribution in [2.24, 2.45) is 0 Å². The molecule has 0 fully saturated rings. The minimum Gasteiger partial charge on any atom is -0.310 e. The summed E-state index contributed by atoms with van der Waals surface area (Å²) in [6.45, 7) is 1.71. The van der Waals surface area contributed by atoms with Crippen LogP contribution in [0.5, 0.6) is 0 Å². The van der Waals surface area contributed by atoms with Crippen molar-refractivity contribution in [3.8, 4) is 5.82 Å². The number of benzene rings is 1. The van der Waals surface area contributed by atoms with E-state index in [1.54, 1.807) is 13.0 Å². The van der Waals surface area contributed by atoms with Gasteiger partial charge in [-0.15, -0.1) is 10.2 Å². The van der Waals surface area contributed by atoms with Crippen molar-refractivity contribution in [3.63, 3.8) is 0 Å². The van der Waals surface area contributed by atoms with E-state index in [4.69, 9.17) is 11.6 Å². The van der Waals surface area contributed by atoms with Crippen LogP contribution < -0.4 is 5.32 Å². The van der Waals surface area contributed by atoms with E-state index in [1.165, 1.54) is 28.9 Å². The number of anilines is 1. The summed E-state index contributed by atoms with van der Waals surface area (Å²) in [6, 6.07) is 6.76. The molecule has 1 unspecified atom stereocenters. The van der Waals surface area contributed by atoms with Gasteiger partial charge in [0.25, 0.3) is 0 Å². The number of hydrogen-bond donors (Lipinski definition) is 1. The van der Waals surface area contributed by atoms with Gasteiger partial charge in [-0.05, 0) is 31.2 Å². The molecule has 0 bridgehead atoms. The monoisotopic (exact) mass is 375 g/mol. The summed E-state index contributed by atoms with van der Waals surface area (Å²) >= 11 is 5.75. The lowest BCUT2D eigenvalue weighted by Gasteiger charge is -2.24. The molecule has 6 nitrogen and oxygen atoms in total. The minimum absolute atomic E-state index is 0.0797. The van der Waals surface area contributed by atoms with Crippen LogP contribution in [0.3, 0.4) is 0 Å². The summed E-state index contributed by atoms with van der Waals surface area (Å²) < 4.78 is 30.0. The third kappa shape index (κ3) is 2.62. The summed E-state index contributed by atoms with van der Waals surface area (Å²) in [4.78, 5) is 12.2. The van der Waals surface area contributed by atoms with E-state index in [9.17, 15) is 13.6 Å². The summed E-state index contributed by atoms with van der Waals surface area (Å²) in [5, 5.41) is 15.0. The van der Waals surface area contributed by atoms with E-state index >= 15 is 0 Å². The molecule has 1 aliphatic rings. The van der Waals surface area contributed by atoms with Gasteiger partial charge in [0.05, 0.1) is 5.69 Å². The largest absolute Gasteiger partial charge is 0.310 e. The predicted molar refractivity (Wildman–Crippen MR) is 90.3 cm³/mol. The topological polar surface area (TPSA) is 72.7 Å². The molecule has 3 heterocycles. The molecule has 0 aliphatic carbocycles. The fourth-order valence-electron chi connectivity index (χ4n) is 3.23. The Labute approximate surface area is 151 Å². The highest BCUT2D eigenvalue weighted by molar-refractivity contribution is 6.29. The molecule has 1 atom stereocenters. The maximum atomic E-state index is 14.3. The molecule has 1 aromatic carbocycles. The van der Waals surface area contributed by atoms with Crippen molar-refractivity contribution in [2.45, 2.75) is 19.3 Å². The van der Waals surface area contributed by atoms with Crippen LogP contribution in [0.2, 0.25) is 5.15 Å². The van der Waals surface area contributed by atoms with E-state index in [2.05, 4.69) is 20.6 Å². The van der Waals surface area contributed by atoms with Gasteiger partial charge in [-0.2, -0.15) is 9.78 Å². The van der Waals surface area contributed by atoms with E-state index in [-0.39, 0.29) is 23.0 Å². The van der Waals surface area contributed by atoms with E-state index < -0.39 is 17.6 Å². The number of hydrogen-bond acceptors (Lipinski definition) is 4. The molecule has 132 valence electrons. The van der Waals surface area contributed by atoms with Gasteiger partial charge in [0.2, 0.25) is 5.91 Å². The van der Waals surface area contributed by atoms with Gasteiger partial charge in [0, 0.05) is 23.5 Å². The lowest BCUT2D eigenvalue weighted by molar-refractivity contribution is -0.116. The number of halogens is 3. The molecule has 0 spiro atoms. The number of carbonyl (C=O) groups is 1. The zero-order valence-electron chi connectivity index (χ0n) is 13.5. The first-order valence-corrected chi connectivity index (χ1v) is 8.16. The van der Waals surface area contributed by atoms with Crippen molar-refractivity contribution in [1.82, 2.24) is 20.0 Å². The first-order chi connectivity index (χ1) is 12.5. The maximum absolute atomic E-state index is 14.3. The van der Waals surface area contributed by atoms with Crippen LogP contribution in [-0.2, 0) is 4.79 Å². The smallest absolute Gasteiger partial charge is 0.226 e. The number of aryl methyl sites for hydroxylation is 1. The molecule has 0 radical (unpaired) electrons. The Bertz CT molecular complexity index is 998. The summed E-state index contributed by atoms with van der Waals surface area (Å²) in [5.74, 6) is -1.90. The van der Waals surface area contributed by atoms with Crippen molar-refractivity contribution in [2.75, 3.05) is 5.32 Å². The van der Waals surface area contributed by atoms with Gasteiger partial charge in [-0.25, -0.2) is 8.78 Å². The Balaban J connectivity index is 1.92. The van der Waals surface area contributed by atoms with E-state index in [0.717, 1.165) is 0 Å². The highest BCUT2D eigenvalue weighted by atomic mass is 35.5. The second-order valence-electron chi connectivity index (χ2n) is 5.91. The second-order valence-corrected chi connectivity index (χ2v) is 6.30. The third-order valence-electron chi connectivity index (χ3n) is 4.29. The van der Waals surface area contributed by atoms with Crippen LogP contribution >= 0.6 is 11.6 Å². The standard InChI is InChI=1S/C17H12ClF2N5O/c1-8-15-9(16-10(19)3-2-4-11(16)20)7-14(26)21-17(15)25(24-8)13-6-5-12(18)22-23-13/h2-6,9H,7H2,1H3,(H,21,26). The molecule has 1 amide bonds. The zero-order chi connectivity index (χ0) is 18.4. The second kappa shape index (κ2) is 6.14. The normalized spacial score (nSPS) is 16.3. The molecule has 1 N–H and O–H groups in total. The maximum Gasteiger partial charge on any atom is 0.226 e. The fourth-order valence-corrected chi connectivity index (χ4v) is 3.33. The van der Waals surface area contributed by atoms with Crippen LogP contribution in [0.4, 0.5) is 14.6 Å². The fraction of sp³-hybridized carbons (Fsp3) is 0.176. The van der Waals surface area contributed by atoms with Crippen LogP contribution in [-0.4, -0.2) is 25.9 Å². The molecule has 26 heavy (non-hydrogen) atoms. The average Bonchev–Trinajstić information content (AvgIpc) is 2.92. The number of rotatable bonds is 2. The molecular weight excluding hydrogens is 364 g/mol.